The van der Waals surface area contributed by atoms with Crippen molar-refractivity contribution in [1.82, 2.24) is 10.3 Å². The third kappa shape index (κ3) is 5.06. The van der Waals surface area contributed by atoms with Crippen LogP contribution in [-0.2, 0) is 20.7 Å². The van der Waals surface area contributed by atoms with Crippen molar-refractivity contribution < 1.29 is 14.3 Å². The van der Waals surface area contributed by atoms with E-state index in [1.165, 1.54) is 0 Å². The van der Waals surface area contributed by atoms with Gasteiger partial charge in [-0.1, -0.05) is 29.8 Å². The van der Waals surface area contributed by atoms with Crippen molar-refractivity contribution in [3.05, 3.63) is 64.4 Å². The van der Waals surface area contributed by atoms with Crippen LogP contribution < -0.4 is 5.32 Å². The molecule has 24 heavy (non-hydrogen) atoms. The van der Waals surface area contributed by atoms with E-state index in [0.717, 1.165) is 11.3 Å². The molecule has 2 rings (SSSR count). The number of hydrogen-bond donors (Lipinski definition) is 1. The number of aromatic nitrogens is 1. The first-order valence-corrected chi connectivity index (χ1v) is 8.00. The Morgan fingerprint density at radius 1 is 1.21 bits per heavy atom. The molecule has 1 amide bonds. The van der Waals surface area contributed by atoms with Crippen molar-refractivity contribution >= 4 is 23.5 Å². The van der Waals surface area contributed by atoms with Gasteiger partial charge >= 0.3 is 5.97 Å². The smallest absolute Gasteiger partial charge is 0.333 e. The minimum atomic E-state index is -0.867. The topological polar surface area (TPSA) is 68.3 Å². The van der Waals surface area contributed by atoms with E-state index in [4.69, 9.17) is 16.3 Å². The van der Waals surface area contributed by atoms with Crippen molar-refractivity contribution in [1.29, 1.82) is 0 Å². The zero-order valence-electron chi connectivity index (χ0n) is 13.6. The van der Waals surface area contributed by atoms with Crippen LogP contribution in [0.15, 0.2) is 42.6 Å². The zero-order chi connectivity index (χ0) is 17.5. The van der Waals surface area contributed by atoms with Crippen LogP contribution >= 0.6 is 11.6 Å². The Hall–Kier alpha value is -2.40. The van der Waals surface area contributed by atoms with Crippen molar-refractivity contribution in [3.63, 3.8) is 0 Å². The van der Waals surface area contributed by atoms with E-state index in [1.54, 1.807) is 37.4 Å². The summed E-state index contributed by atoms with van der Waals surface area (Å²) in [7, 11) is 0. The molecule has 0 aliphatic rings. The fourth-order valence-electron chi connectivity index (χ4n) is 2.16. The van der Waals surface area contributed by atoms with E-state index in [1.807, 2.05) is 19.1 Å². The van der Waals surface area contributed by atoms with Crippen molar-refractivity contribution in [2.45, 2.75) is 26.3 Å². The molecule has 1 aromatic heterocycles. The maximum atomic E-state index is 12.3. The molecule has 1 heterocycles. The van der Waals surface area contributed by atoms with Gasteiger partial charge in [0, 0.05) is 16.9 Å². The van der Waals surface area contributed by atoms with E-state index in [0.29, 0.717) is 10.6 Å². The number of nitrogens with one attached hydrogen (secondary N) is 1. The standard InChI is InChI=1S/C18H19ClN2O3/c1-3-24-18(23)17(14-6-8-15(19)9-7-14)21-16(22)10-13-5-4-12(2)20-11-13/h4-9,11,17H,3,10H2,1-2H3,(H,21,22). The van der Waals surface area contributed by atoms with Crippen LogP contribution in [0.1, 0.15) is 29.8 Å². The van der Waals surface area contributed by atoms with Crippen LogP contribution in [0.3, 0.4) is 0 Å². The summed E-state index contributed by atoms with van der Waals surface area (Å²) in [6, 6.07) is 9.52. The number of aryl methyl sites for hydroxylation is 1. The van der Waals surface area contributed by atoms with E-state index in [-0.39, 0.29) is 18.9 Å². The fourth-order valence-corrected chi connectivity index (χ4v) is 2.29. The third-order valence-electron chi connectivity index (χ3n) is 3.37. The molecule has 0 radical (unpaired) electrons. The van der Waals surface area contributed by atoms with E-state index in [2.05, 4.69) is 10.3 Å². The predicted octanol–water partition coefficient (Wildman–Crippen LogP) is 3.01. The molecule has 0 saturated carbocycles. The van der Waals surface area contributed by atoms with Crippen molar-refractivity contribution in [3.8, 4) is 0 Å². The monoisotopic (exact) mass is 346 g/mol. The first kappa shape index (κ1) is 17.9. The van der Waals surface area contributed by atoms with Crippen molar-refractivity contribution in [2.24, 2.45) is 0 Å². The molecular formula is C18H19ClN2O3. The Bertz CT molecular complexity index is 699. The second-order valence-corrected chi connectivity index (χ2v) is 5.73. The van der Waals surface area contributed by atoms with Gasteiger partial charge in [-0.15, -0.1) is 0 Å². The molecule has 1 unspecified atom stereocenters. The Kier molecular flexibility index (Phi) is 6.32. The number of hydrogen-bond acceptors (Lipinski definition) is 4. The van der Waals surface area contributed by atoms with Gasteiger partial charge in [0.1, 0.15) is 0 Å². The molecule has 0 aliphatic carbocycles. The lowest BCUT2D eigenvalue weighted by molar-refractivity contribution is -0.147. The lowest BCUT2D eigenvalue weighted by atomic mass is 10.1. The van der Waals surface area contributed by atoms with Gasteiger partial charge in [0.15, 0.2) is 6.04 Å². The van der Waals surface area contributed by atoms with Gasteiger partial charge in [0.05, 0.1) is 13.0 Å². The molecule has 0 saturated heterocycles. The second-order valence-electron chi connectivity index (χ2n) is 5.29. The van der Waals surface area contributed by atoms with Gasteiger partial charge in [0.25, 0.3) is 0 Å². The lowest BCUT2D eigenvalue weighted by Gasteiger charge is -2.18. The summed E-state index contributed by atoms with van der Waals surface area (Å²) >= 11 is 5.87. The van der Waals surface area contributed by atoms with Crippen molar-refractivity contribution in [2.75, 3.05) is 6.61 Å². The summed E-state index contributed by atoms with van der Waals surface area (Å²) in [4.78, 5) is 28.6. The van der Waals surface area contributed by atoms with Crippen LogP contribution in [0.25, 0.3) is 0 Å². The number of amides is 1. The molecule has 0 spiro atoms. The van der Waals surface area contributed by atoms with Gasteiger partial charge in [-0.25, -0.2) is 4.79 Å². The number of ether oxygens (including phenoxy) is 1. The number of nitrogens with zero attached hydrogens (tertiary/aromatic N) is 1. The maximum Gasteiger partial charge on any atom is 0.333 e. The lowest BCUT2D eigenvalue weighted by Crippen LogP contribution is -2.35. The number of carbonyl (C=O) groups excluding carboxylic acids is 2. The summed E-state index contributed by atoms with van der Waals surface area (Å²) in [6.07, 6.45) is 1.79. The van der Waals surface area contributed by atoms with E-state index in [9.17, 15) is 9.59 Å². The first-order chi connectivity index (χ1) is 11.5. The molecule has 1 aromatic carbocycles. The van der Waals surface area contributed by atoms with Crippen LogP contribution in [0, 0.1) is 6.92 Å². The Morgan fingerprint density at radius 3 is 2.50 bits per heavy atom. The number of esters is 1. The van der Waals surface area contributed by atoms with Crippen LogP contribution in [0.2, 0.25) is 5.02 Å². The molecule has 0 aliphatic heterocycles. The Morgan fingerprint density at radius 2 is 1.92 bits per heavy atom. The van der Waals surface area contributed by atoms with Crippen LogP contribution in [-0.4, -0.2) is 23.5 Å². The average molecular weight is 347 g/mol. The molecule has 1 N–H and O–H groups in total. The number of pyridine rings is 1. The highest BCUT2D eigenvalue weighted by molar-refractivity contribution is 6.30. The summed E-state index contributed by atoms with van der Waals surface area (Å²) in [5.41, 5.74) is 2.27. The van der Waals surface area contributed by atoms with Crippen LogP contribution in [0.5, 0.6) is 0 Å². The van der Waals surface area contributed by atoms with Gasteiger partial charge in [0.2, 0.25) is 5.91 Å². The molecule has 126 valence electrons. The quantitative estimate of drug-likeness (QED) is 0.816. The molecule has 1 atom stereocenters. The normalized spacial score (nSPS) is 11.6. The third-order valence-corrected chi connectivity index (χ3v) is 3.62. The molecule has 0 bridgehead atoms. The second kappa shape index (κ2) is 8.45. The molecule has 5 nitrogen and oxygen atoms in total. The number of halogens is 1. The molecule has 2 aromatic rings. The number of carbonyl (C=O) groups is 2. The molecular weight excluding hydrogens is 328 g/mol. The minimum Gasteiger partial charge on any atom is -0.464 e. The molecule has 6 heteroatoms. The number of rotatable bonds is 6. The zero-order valence-corrected chi connectivity index (χ0v) is 14.3. The van der Waals surface area contributed by atoms with Gasteiger partial charge in [-0.05, 0) is 43.2 Å². The van der Waals surface area contributed by atoms with Crippen LogP contribution in [0.4, 0.5) is 0 Å². The number of benzene rings is 1. The average Bonchev–Trinajstić information content (AvgIpc) is 2.56. The Labute approximate surface area is 146 Å². The van der Waals surface area contributed by atoms with E-state index < -0.39 is 12.0 Å². The SMILES string of the molecule is CCOC(=O)C(NC(=O)Cc1ccc(C)nc1)c1ccc(Cl)cc1. The van der Waals surface area contributed by atoms with E-state index >= 15 is 0 Å². The highest BCUT2D eigenvalue weighted by Crippen LogP contribution is 2.18. The summed E-state index contributed by atoms with van der Waals surface area (Å²) in [5, 5.41) is 3.27. The van der Waals surface area contributed by atoms with Gasteiger partial charge < -0.3 is 10.1 Å². The first-order valence-electron chi connectivity index (χ1n) is 7.62. The predicted molar refractivity (Wildman–Crippen MR) is 91.6 cm³/mol. The maximum absolute atomic E-state index is 12.3. The highest BCUT2D eigenvalue weighted by Gasteiger charge is 2.24. The fraction of sp³-hybridized carbons (Fsp3) is 0.278. The van der Waals surface area contributed by atoms with Gasteiger partial charge in [-0.2, -0.15) is 0 Å². The molecule has 0 fully saturated rings. The van der Waals surface area contributed by atoms with Gasteiger partial charge in [-0.3, -0.25) is 9.78 Å². The Balaban J connectivity index is 2.12. The minimum absolute atomic E-state index is 0.136. The largest absolute Gasteiger partial charge is 0.464 e. The summed E-state index contributed by atoms with van der Waals surface area (Å²) in [6.45, 7) is 3.83. The summed E-state index contributed by atoms with van der Waals surface area (Å²) in [5.74, 6) is -0.788. The highest BCUT2D eigenvalue weighted by atomic mass is 35.5. The summed E-state index contributed by atoms with van der Waals surface area (Å²) < 4.78 is 5.06.